The van der Waals surface area contributed by atoms with Gasteiger partial charge in [-0.1, -0.05) is 23.7 Å². The molecule has 94 valence electrons. The number of nitrogens with zero attached hydrogens (tertiary/aromatic N) is 1. The van der Waals surface area contributed by atoms with Crippen molar-refractivity contribution in [3.8, 4) is 0 Å². The molecule has 0 aliphatic heterocycles. The van der Waals surface area contributed by atoms with Crippen LogP contribution < -0.4 is 0 Å². The second-order valence-electron chi connectivity index (χ2n) is 4.27. The summed E-state index contributed by atoms with van der Waals surface area (Å²) in [6, 6.07) is 7.61. The number of aryl methyl sites for hydroxylation is 2. The Morgan fingerprint density at radius 2 is 2.22 bits per heavy atom. The molecule has 1 atom stereocenters. The second-order valence-corrected chi connectivity index (χ2v) is 5.94. The van der Waals surface area contributed by atoms with Crippen molar-refractivity contribution in [1.82, 2.24) is 4.98 Å². The molecule has 0 bridgehead atoms. The summed E-state index contributed by atoms with van der Waals surface area (Å²) in [6.45, 7) is 3.99. The van der Waals surface area contributed by atoms with Crippen LogP contribution in [0.1, 0.15) is 27.1 Å². The fourth-order valence-electron chi connectivity index (χ4n) is 1.77. The monoisotopic (exact) mass is 279 g/mol. The number of hydrogen-bond donors (Lipinski definition) is 0. The molecule has 0 saturated heterocycles. The largest absolute Gasteiger partial charge is 0.303 e. The molecule has 1 aromatic heterocycles. The van der Waals surface area contributed by atoms with Crippen molar-refractivity contribution in [3.05, 3.63) is 50.4 Å². The van der Waals surface area contributed by atoms with E-state index in [4.69, 9.17) is 11.6 Å². The Bertz CT molecular complexity index is 545. The van der Waals surface area contributed by atoms with Crippen LogP contribution >= 0.6 is 22.9 Å². The molecule has 1 aromatic carbocycles. The van der Waals surface area contributed by atoms with Crippen molar-refractivity contribution < 1.29 is 4.79 Å². The van der Waals surface area contributed by atoms with Gasteiger partial charge in [-0.15, -0.1) is 11.3 Å². The Balaban J connectivity index is 2.22. The fraction of sp³-hybridized carbons (Fsp3) is 0.286. The van der Waals surface area contributed by atoms with Crippen LogP contribution in [0, 0.1) is 13.8 Å². The normalized spacial score (nSPS) is 12.4. The quantitative estimate of drug-likeness (QED) is 0.794. The van der Waals surface area contributed by atoms with E-state index in [1.165, 1.54) is 4.88 Å². The zero-order chi connectivity index (χ0) is 13.1. The summed E-state index contributed by atoms with van der Waals surface area (Å²) >= 11 is 7.54. The summed E-state index contributed by atoms with van der Waals surface area (Å²) < 4.78 is 0. The lowest BCUT2D eigenvalue weighted by Gasteiger charge is -2.07. The van der Waals surface area contributed by atoms with E-state index in [-0.39, 0.29) is 5.92 Å². The van der Waals surface area contributed by atoms with Gasteiger partial charge in [-0.2, -0.15) is 0 Å². The number of hydrogen-bond acceptors (Lipinski definition) is 3. The van der Waals surface area contributed by atoms with E-state index in [2.05, 4.69) is 4.98 Å². The summed E-state index contributed by atoms with van der Waals surface area (Å²) in [4.78, 5) is 16.9. The highest BCUT2D eigenvalue weighted by Crippen LogP contribution is 2.26. The maximum absolute atomic E-state index is 11.2. The van der Waals surface area contributed by atoms with Gasteiger partial charge in [0.25, 0.3) is 0 Å². The lowest BCUT2D eigenvalue weighted by Crippen LogP contribution is -2.04. The number of rotatable bonds is 4. The first-order chi connectivity index (χ1) is 8.60. The zero-order valence-electron chi connectivity index (χ0n) is 10.3. The predicted molar refractivity (Wildman–Crippen MR) is 75.5 cm³/mol. The van der Waals surface area contributed by atoms with Crippen LogP contribution in [0.5, 0.6) is 0 Å². The molecule has 0 fully saturated rings. The Morgan fingerprint density at radius 3 is 2.78 bits per heavy atom. The molecular formula is C14H14ClNOS. The number of aromatic nitrogens is 1. The third kappa shape index (κ3) is 2.98. The summed E-state index contributed by atoms with van der Waals surface area (Å²) in [5, 5.41) is 1.59. The van der Waals surface area contributed by atoms with E-state index in [1.54, 1.807) is 11.3 Å². The molecule has 1 unspecified atom stereocenters. The van der Waals surface area contributed by atoms with Crippen molar-refractivity contribution in [1.29, 1.82) is 0 Å². The van der Waals surface area contributed by atoms with Gasteiger partial charge in [-0.05, 0) is 38.0 Å². The maximum Gasteiger partial charge on any atom is 0.130 e. The van der Waals surface area contributed by atoms with Crippen LogP contribution in [-0.4, -0.2) is 11.3 Å². The van der Waals surface area contributed by atoms with Gasteiger partial charge >= 0.3 is 0 Å². The number of benzene rings is 1. The molecule has 18 heavy (non-hydrogen) atoms. The van der Waals surface area contributed by atoms with Crippen LogP contribution in [0.3, 0.4) is 0 Å². The number of thiazole rings is 1. The molecule has 1 heterocycles. The molecule has 2 nitrogen and oxygen atoms in total. The van der Waals surface area contributed by atoms with Gasteiger partial charge in [-0.3, -0.25) is 0 Å². The molecular weight excluding hydrogens is 266 g/mol. The van der Waals surface area contributed by atoms with E-state index in [1.807, 2.05) is 38.1 Å². The minimum absolute atomic E-state index is 0.180. The Morgan fingerprint density at radius 1 is 1.44 bits per heavy atom. The first kappa shape index (κ1) is 13.2. The summed E-state index contributed by atoms with van der Waals surface area (Å²) in [7, 11) is 0. The third-order valence-corrected chi connectivity index (χ3v) is 4.31. The highest BCUT2D eigenvalue weighted by Gasteiger charge is 2.16. The predicted octanol–water partition coefficient (Wildman–Crippen LogP) is 3.94. The van der Waals surface area contributed by atoms with Gasteiger partial charge in [0.2, 0.25) is 0 Å². The molecule has 0 radical (unpaired) electrons. The molecule has 0 spiro atoms. The van der Waals surface area contributed by atoms with Crippen LogP contribution in [0.15, 0.2) is 24.3 Å². The Hall–Kier alpha value is -1.19. The summed E-state index contributed by atoms with van der Waals surface area (Å²) in [5.41, 5.74) is 2.07. The highest BCUT2D eigenvalue weighted by molar-refractivity contribution is 7.11. The molecule has 0 aliphatic rings. The summed E-state index contributed by atoms with van der Waals surface area (Å²) in [6.07, 6.45) is 1.62. The number of carbonyl (C=O) groups is 1. The van der Waals surface area contributed by atoms with Gasteiger partial charge in [0.1, 0.15) is 11.3 Å². The van der Waals surface area contributed by atoms with E-state index in [0.717, 1.165) is 22.6 Å². The zero-order valence-corrected chi connectivity index (χ0v) is 11.9. The first-order valence-corrected chi connectivity index (χ1v) is 6.93. The van der Waals surface area contributed by atoms with Crippen molar-refractivity contribution in [3.63, 3.8) is 0 Å². The van der Waals surface area contributed by atoms with Crippen molar-refractivity contribution in [2.45, 2.75) is 26.2 Å². The lowest BCUT2D eigenvalue weighted by atomic mass is 10.0. The van der Waals surface area contributed by atoms with Crippen molar-refractivity contribution >= 4 is 29.2 Å². The molecule has 4 heteroatoms. The molecule has 0 aliphatic carbocycles. The molecule has 0 amide bonds. The van der Waals surface area contributed by atoms with Gasteiger partial charge in [0.05, 0.1) is 11.6 Å². The summed E-state index contributed by atoms with van der Waals surface area (Å²) in [5.74, 6) is -0.180. The smallest absolute Gasteiger partial charge is 0.130 e. The third-order valence-electron chi connectivity index (χ3n) is 2.87. The van der Waals surface area contributed by atoms with Crippen LogP contribution in [0.2, 0.25) is 5.02 Å². The minimum atomic E-state index is -0.180. The average molecular weight is 280 g/mol. The number of aldehydes is 1. The lowest BCUT2D eigenvalue weighted by molar-refractivity contribution is -0.109. The average Bonchev–Trinajstić information content (AvgIpc) is 2.66. The maximum atomic E-state index is 11.2. The number of halogens is 1. The Labute approximate surface area is 116 Å². The van der Waals surface area contributed by atoms with E-state index in [0.29, 0.717) is 11.4 Å². The van der Waals surface area contributed by atoms with Gasteiger partial charge < -0.3 is 4.79 Å². The fourth-order valence-corrected chi connectivity index (χ4v) is 2.96. The van der Waals surface area contributed by atoms with Crippen LogP contribution in [0.4, 0.5) is 0 Å². The van der Waals surface area contributed by atoms with E-state index in [9.17, 15) is 4.79 Å². The van der Waals surface area contributed by atoms with Crippen LogP contribution in [-0.2, 0) is 11.2 Å². The van der Waals surface area contributed by atoms with E-state index >= 15 is 0 Å². The van der Waals surface area contributed by atoms with Crippen molar-refractivity contribution in [2.75, 3.05) is 0 Å². The molecule has 2 aromatic rings. The standard InChI is InChI=1S/C14H14ClNOS/c1-9-10(2)18-14(16-9)12(8-17)6-11-4-3-5-13(15)7-11/h3-5,7-8,12H,6H2,1-2H3. The van der Waals surface area contributed by atoms with Crippen LogP contribution in [0.25, 0.3) is 0 Å². The minimum Gasteiger partial charge on any atom is -0.303 e. The van der Waals surface area contributed by atoms with Gasteiger partial charge in [0.15, 0.2) is 0 Å². The van der Waals surface area contributed by atoms with Crippen molar-refractivity contribution in [2.24, 2.45) is 0 Å². The van der Waals surface area contributed by atoms with E-state index < -0.39 is 0 Å². The highest BCUT2D eigenvalue weighted by atomic mass is 35.5. The second kappa shape index (κ2) is 5.63. The SMILES string of the molecule is Cc1nc(C(C=O)Cc2cccc(Cl)c2)sc1C. The Kier molecular flexibility index (Phi) is 4.15. The van der Waals surface area contributed by atoms with Gasteiger partial charge in [0, 0.05) is 9.90 Å². The molecule has 2 rings (SSSR count). The topological polar surface area (TPSA) is 30.0 Å². The first-order valence-electron chi connectivity index (χ1n) is 5.74. The number of carbonyl (C=O) groups excluding carboxylic acids is 1. The molecule has 0 saturated carbocycles. The molecule has 0 N–H and O–H groups in total. The van der Waals surface area contributed by atoms with Gasteiger partial charge in [-0.25, -0.2) is 4.98 Å².